The minimum absolute atomic E-state index is 0.137. The van der Waals surface area contributed by atoms with Crippen LogP contribution in [0.4, 0.5) is 5.69 Å². The topological polar surface area (TPSA) is 83.4 Å². The van der Waals surface area contributed by atoms with Crippen LogP contribution >= 0.6 is 11.3 Å². The molecule has 2 amide bonds. The summed E-state index contributed by atoms with van der Waals surface area (Å²) < 4.78 is 0. The molecule has 0 aliphatic heterocycles. The van der Waals surface area contributed by atoms with Crippen molar-refractivity contribution in [2.45, 2.75) is 6.92 Å². The second kappa shape index (κ2) is 8.17. The van der Waals surface area contributed by atoms with Crippen LogP contribution in [0.25, 0.3) is 0 Å². The number of aromatic nitrogens is 1. The second-order valence-corrected chi connectivity index (χ2v) is 6.34. The summed E-state index contributed by atoms with van der Waals surface area (Å²) in [5.74, 6) is -0.459. The quantitative estimate of drug-likeness (QED) is 0.536. The number of amides is 2. The van der Waals surface area contributed by atoms with Gasteiger partial charge in [-0.3, -0.25) is 14.6 Å². The summed E-state index contributed by atoms with van der Waals surface area (Å²) >= 11 is 1.39. The van der Waals surface area contributed by atoms with Gasteiger partial charge in [0, 0.05) is 18.1 Å². The Bertz CT molecular complexity index is 920. The third kappa shape index (κ3) is 4.40. The molecule has 0 radical (unpaired) electrons. The van der Waals surface area contributed by atoms with Crippen LogP contribution in [-0.4, -0.2) is 22.5 Å². The molecule has 0 spiro atoms. The molecule has 130 valence electrons. The van der Waals surface area contributed by atoms with Crippen molar-refractivity contribution in [2.75, 3.05) is 5.32 Å². The molecule has 0 atom stereocenters. The van der Waals surface area contributed by atoms with Crippen LogP contribution in [0.2, 0.25) is 0 Å². The fourth-order valence-electron chi connectivity index (χ4n) is 2.16. The minimum Gasteiger partial charge on any atom is -0.321 e. The van der Waals surface area contributed by atoms with E-state index >= 15 is 0 Å². The first-order chi connectivity index (χ1) is 12.6. The number of nitrogens with one attached hydrogen (secondary N) is 2. The molecule has 0 aliphatic carbocycles. The molecule has 26 heavy (non-hydrogen) atoms. The first-order valence-electron chi connectivity index (χ1n) is 7.83. The normalized spacial score (nSPS) is 11.0. The summed E-state index contributed by atoms with van der Waals surface area (Å²) in [7, 11) is 0. The van der Waals surface area contributed by atoms with Gasteiger partial charge in [-0.1, -0.05) is 18.2 Å². The maximum absolute atomic E-state index is 12.0. The number of nitrogens with zero attached hydrogens (tertiary/aromatic N) is 2. The molecule has 7 heteroatoms. The minimum atomic E-state index is -0.322. The van der Waals surface area contributed by atoms with E-state index < -0.39 is 0 Å². The first kappa shape index (κ1) is 17.5. The zero-order valence-corrected chi connectivity index (χ0v) is 14.8. The summed E-state index contributed by atoms with van der Waals surface area (Å²) in [6, 6.07) is 14.2. The molecule has 1 aromatic carbocycles. The van der Waals surface area contributed by atoms with E-state index in [1.165, 1.54) is 17.5 Å². The number of carbonyl (C=O) groups excluding carboxylic acids is 2. The van der Waals surface area contributed by atoms with Crippen molar-refractivity contribution >= 4 is 34.6 Å². The van der Waals surface area contributed by atoms with Gasteiger partial charge in [0.25, 0.3) is 11.8 Å². The second-order valence-electron chi connectivity index (χ2n) is 5.39. The highest BCUT2D eigenvalue weighted by Crippen LogP contribution is 2.14. The van der Waals surface area contributed by atoms with Gasteiger partial charge in [0.15, 0.2) is 0 Å². The Labute approximate surface area is 154 Å². The highest BCUT2D eigenvalue weighted by Gasteiger charge is 2.07. The van der Waals surface area contributed by atoms with Crippen LogP contribution in [0.3, 0.4) is 0 Å². The van der Waals surface area contributed by atoms with Gasteiger partial charge in [0.2, 0.25) is 0 Å². The van der Waals surface area contributed by atoms with E-state index in [-0.39, 0.29) is 11.8 Å². The summed E-state index contributed by atoms with van der Waals surface area (Å²) in [5.41, 5.74) is 5.13. The average molecular weight is 364 g/mol. The van der Waals surface area contributed by atoms with Gasteiger partial charge in [-0.05, 0) is 48.2 Å². The van der Waals surface area contributed by atoms with Crippen molar-refractivity contribution < 1.29 is 9.59 Å². The summed E-state index contributed by atoms with van der Waals surface area (Å²) in [6.45, 7) is 1.79. The van der Waals surface area contributed by atoms with E-state index in [0.29, 0.717) is 21.8 Å². The predicted octanol–water partition coefficient (Wildman–Crippen LogP) is 3.55. The third-order valence-corrected chi connectivity index (χ3v) is 4.42. The van der Waals surface area contributed by atoms with Crippen LogP contribution in [-0.2, 0) is 0 Å². The zero-order chi connectivity index (χ0) is 18.4. The molecule has 2 N–H and O–H groups in total. The maximum atomic E-state index is 12.0. The third-order valence-electron chi connectivity index (χ3n) is 3.55. The summed E-state index contributed by atoms with van der Waals surface area (Å²) in [6.07, 6.45) is 3.08. The molecule has 0 fully saturated rings. The van der Waals surface area contributed by atoms with Crippen LogP contribution in [0, 0.1) is 0 Å². The molecule has 0 saturated heterocycles. The van der Waals surface area contributed by atoms with Crippen molar-refractivity contribution in [1.29, 1.82) is 0 Å². The SMILES string of the molecule is C/C(=N/NC(=O)c1cccnc1)c1ccc(NC(=O)c2cccs2)cc1. The molecule has 0 bridgehead atoms. The van der Waals surface area contributed by atoms with Crippen LogP contribution in [0.15, 0.2) is 71.4 Å². The Morgan fingerprint density at radius 3 is 2.46 bits per heavy atom. The molecular formula is C19H16N4O2S. The number of hydrogen-bond acceptors (Lipinski definition) is 5. The van der Waals surface area contributed by atoms with Gasteiger partial charge in [0.05, 0.1) is 16.2 Å². The number of rotatable bonds is 5. The molecule has 2 aromatic heterocycles. The van der Waals surface area contributed by atoms with E-state index in [1.54, 1.807) is 43.5 Å². The molecule has 2 heterocycles. The number of thiophene rings is 1. The number of hydrazone groups is 1. The molecule has 0 aliphatic rings. The lowest BCUT2D eigenvalue weighted by atomic mass is 10.1. The molecule has 3 rings (SSSR count). The summed E-state index contributed by atoms with van der Waals surface area (Å²) in [4.78, 5) is 28.5. The van der Waals surface area contributed by atoms with Crippen LogP contribution < -0.4 is 10.7 Å². The van der Waals surface area contributed by atoms with Crippen LogP contribution in [0.5, 0.6) is 0 Å². The highest BCUT2D eigenvalue weighted by atomic mass is 32.1. The van der Waals surface area contributed by atoms with Crippen molar-refractivity contribution in [3.8, 4) is 0 Å². The Kier molecular flexibility index (Phi) is 5.50. The number of pyridine rings is 1. The smallest absolute Gasteiger partial charge is 0.272 e. The van der Waals surface area contributed by atoms with E-state index in [1.807, 2.05) is 23.6 Å². The highest BCUT2D eigenvalue weighted by molar-refractivity contribution is 7.12. The van der Waals surface area contributed by atoms with E-state index in [4.69, 9.17) is 0 Å². The van der Waals surface area contributed by atoms with E-state index in [0.717, 1.165) is 5.56 Å². The number of carbonyl (C=O) groups is 2. The van der Waals surface area contributed by atoms with Crippen molar-refractivity contribution in [3.05, 3.63) is 82.3 Å². The van der Waals surface area contributed by atoms with Crippen molar-refractivity contribution in [3.63, 3.8) is 0 Å². The predicted molar refractivity (Wildman–Crippen MR) is 103 cm³/mol. The first-order valence-corrected chi connectivity index (χ1v) is 8.71. The maximum Gasteiger partial charge on any atom is 0.272 e. The number of hydrogen-bond donors (Lipinski definition) is 2. The Hall–Kier alpha value is -3.32. The number of benzene rings is 1. The van der Waals surface area contributed by atoms with Gasteiger partial charge in [0.1, 0.15) is 0 Å². The van der Waals surface area contributed by atoms with Gasteiger partial charge in [-0.15, -0.1) is 11.3 Å². The Balaban J connectivity index is 1.62. The summed E-state index contributed by atoms with van der Waals surface area (Å²) in [5, 5.41) is 8.80. The molecular weight excluding hydrogens is 348 g/mol. The Morgan fingerprint density at radius 1 is 1.00 bits per heavy atom. The van der Waals surface area contributed by atoms with Gasteiger partial charge < -0.3 is 5.32 Å². The fourth-order valence-corrected chi connectivity index (χ4v) is 2.77. The monoisotopic (exact) mass is 364 g/mol. The molecule has 6 nitrogen and oxygen atoms in total. The van der Waals surface area contributed by atoms with E-state index in [9.17, 15) is 9.59 Å². The zero-order valence-electron chi connectivity index (χ0n) is 14.0. The standard InChI is InChI=1S/C19H16N4O2S/c1-13(22-23-18(24)15-4-2-10-20-12-15)14-6-8-16(9-7-14)21-19(25)17-5-3-11-26-17/h2-12H,1H3,(H,21,25)(H,23,24)/b22-13-. The lowest BCUT2D eigenvalue weighted by Gasteiger charge is -2.06. The average Bonchev–Trinajstić information content (AvgIpc) is 3.22. The van der Waals surface area contributed by atoms with Gasteiger partial charge >= 0.3 is 0 Å². The molecule has 3 aromatic rings. The number of anilines is 1. The van der Waals surface area contributed by atoms with E-state index in [2.05, 4.69) is 20.8 Å². The lowest BCUT2D eigenvalue weighted by Crippen LogP contribution is -2.19. The Morgan fingerprint density at radius 2 is 1.81 bits per heavy atom. The largest absolute Gasteiger partial charge is 0.321 e. The van der Waals surface area contributed by atoms with Crippen molar-refractivity contribution in [2.24, 2.45) is 5.10 Å². The van der Waals surface area contributed by atoms with Crippen LogP contribution in [0.1, 0.15) is 32.5 Å². The molecule has 0 saturated carbocycles. The van der Waals surface area contributed by atoms with Gasteiger partial charge in [-0.2, -0.15) is 5.10 Å². The fraction of sp³-hybridized carbons (Fsp3) is 0.0526. The van der Waals surface area contributed by atoms with Gasteiger partial charge in [-0.25, -0.2) is 5.43 Å². The molecule has 0 unspecified atom stereocenters. The lowest BCUT2D eigenvalue weighted by molar-refractivity contribution is 0.0953. The van der Waals surface area contributed by atoms with Crippen molar-refractivity contribution in [1.82, 2.24) is 10.4 Å².